The highest BCUT2D eigenvalue weighted by Gasteiger charge is 2.38. The van der Waals surface area contributed by atoms with Crippen LogP contribution in [0.2, 0.25) is 5.02 Å². The van der Waals surface area contributed by atoms with Gasteiger partial charge >= 0.3 is 5.97 Å². The molecule has 0 bridgehead atoms. The molecule has 6 heteroatoms. The van der Waals surface area contributed by atoms with Gasteiger partial charge in [-0.05, 0) is 49.1 Å². The fourth-order valence-electron chi connectivity index (χ4n) is 2.73. The number of anilines is 1. The van der Waals surface area contributed by atoms with Gasteiger partial charge < -0.3 is 4.74 Å². The first-order valence-corrected chi connectivity index (χ1v) is 8.85. The topological polar surface area (TPSA) is 46.6 Å². The van der Waals surface area contributed by atoms with Crippen molar-refractivity contribution in [3.8, 4) is 0 Å². The zero-order valence-corrected chi connectivity index (χ0v) is 15.6. The third kappa shape index (κ3) is 3.13. The summed E-state index contributed by atoms with van der Waals surface area (Å²) >= 11 is 7.70. The third-order valence-corrected chi connectivity index (χ3v) is 5.26. The molecule has 0 atom stereocenters. The summed E-state index contributed by atoms with van der Waals surface area (Å²) in [6.07, 6.45) is 1.72. The first-order valence-electron chi connectivity index (χ1n) is 7.59. The Kier molecular flexibility index (Phi) is 4.79. The normalized spacial score (nSPS) is 16.1. The SMILES string of the molecule is COC(=O)C1=C(C)N(c2ccc(C)c(Cl)c2)C(=O)/C1=C\c1cccs1. The van der Waals surface area contributed by atoms with E-state index < -0.39 is 5.97 Å². The number of hydrogen-bond donors (Lipinski definition) is 0. The molecule has 0 N–H and O–H groups in total. The number of carbonyl (C=O) groups excluding carboxylic acids is 2. The average Bonchev–Trinajstić information content (AvgIpc) is 3.17. The van der Waals surface area contributed by atoms with Crippen molar-refractivity contribution in [2.75, 3.05) is 12.0 Å². The van der Waals surface area contributed by atoms with Crippen molar-refractivity contribution in [2.45, 2.75) is 13.8 Å². The van der Waals surface area contributed by atoms with Crippen LogP contribution < -0.4 is 4.90 Å². The molecule has 4 nitrogen and oxygen atoms in total. The quantitative estimate of drug-likeness (QED) is 0.584. The smallest absolute Gasteiger partial charge is 0.340 e. The number of rotatable bonds is 3. The van der Waals surface area contributed by atoms with Crippen LogP contribution in [0.1, 0.15) is 17.4 Å². The van der Waals surface area contributed by atoms with Crippen molar-refractivity contribution < 1.29 is 14.3 Å². The molecule has 0 radical (unpaired) electrons. The fraction of sp³-hybridized carbons (Fsp3) is 0.158. The molecule has 0 aliphatic carbocycles. The summed E-state index contributed by atoms with van der Waals surface area (Å²) in [5, 5.41) is 2.48. The van der Waals surface area contributed by atoms with E-state index in [0.717, 1.165) is 10.4 Å². The Morgan fingerprint density at radius 2 is 2.04 bits per heavy atom. The van der Waals surface area contributed by atoms with E-state index >= 15 is 0 Å². The number of ether oxygens (including phenoxy) is 1. The Morgan fingerprint density at radius 1 is 1.28 bits per heavy atom. The van der Waals surface area contributed by atoms with Gasteiger partial charge in [-0.25, -0.2) is 4.79 Å². The lowest BCUT2D eigenvalue weighted by molar-refractivity contribution is -0.136. The maximum Gasteiger partial charge on any atom is 0.340 e. The number of hydrogen-bond acceptors (Lipinski definition) is 4. The molecule has 0 spiro atoms. The molecule has 2 heterocycles. The lowest BCUT2D eigenvalue weighted by atomic mass is 10.1. The van der Waals surface area contributed by atoms with Gasteiger partial charge in [-0.2, -0.15) is 0 Å². The molecule has 2 aromatic rings. The summed E-state index contributed by atoms with van der Waals surface area (Å²) in [7, 11) is 1.31. The minimum atomic E-state index is -0.533. The molecule has 128 valence electrons. The molecule has 0 saturated carbocycles. The number of allylic oxidation sites excluding steroid dienone is 1. The van der Waals surface area contributed by atoms with Crippen LogP contribution in [-0.4, -0.2) is 19.0 Å². The third-order valence-electron chi connectivity index (χ3n) is 4.03. The van der Waals surface area contributed by atoms with E-state index in [4.69, 9.17) is 16.3 Å². The molecule has 1 aromatic carbocycles. The largest absolute Gasteiger partial charge is 0.465 e. The van der Waals surface area contributed by atoms with Gasteiger partial charge in [0, 0.05) is 15.6 Å². The van der Waals surface area contributed by atoms with Crippen LogP contribution in [0.3, 0.4) is 0 Å². The minimum Gasteiger partial charge on any atom is -0.465 e. The Balaban J connectivity index is 2.15. The van der Waals surface area contributed by atoms with E-state index in [1.807, 2.05) is 36.6 Å². The second kappa shape index (κ2) is 6.86. The number of nitrogens with zero attached hydrogens (tertiary/aromatic N) is 1. The molecule has 0 unspecified atom stereocenters. The zero-order chi connectivity index (χ0) is 18.1. The second-order valence-electron chi connectivity index (χ2n) is 5.60. The van der Waals surface area contributed by atoms with Crippen LogP contribution in [0.5, 0.6) is 0 Å². The number of methoxy groups -OCH3 is 1. The van der Waals surface area contributed by atoms with Crippen LogP contribution in [0.25, 0.3) is 6.08 Å². The number of halogens is 1. The van der Waals surface area contributed by atoms with Gasteiger partial charge in [0.15, 0.2) is 0 Å². The van der Waals surface area contributed by atoms with Crippen molar-refractivity contribution in [1.82, 2.24) is 0 Å². The molecule has 0 saturated heterocycles. The highest BCUT2D eigenvalue weighted by atomic mass is 35.5. The van der Waals surface area contributed by atoms with E-state index in [2.05, 4.69) is 0 Å². The molecule has 0 fully saturated rings. The lowest BCUT2D eigenvalue weighted by Crippen LogP contribution is -2.24. The number of aryl methyl sites for hydroxylation is 1. The summed E-state index contributed by atoms with van der Waals surface area (Å²) in [5.74, 6) is -0.805. The molecule has 25 heavy (non-hydrogen) atoms. The van der Waals surface area contributed by atoms with Crippen LogP contribution in [-0.2, 0) is 14.3 Å². The zero-order valence-electron chi connectivity index (χ0n) is 14.0. The Labute approximate surface area is 155 Å². The number of carbonyl (C=O) groups is 2. The summed E-state index contributed by atoms with van der Waals surface area (Å²) in [5.41, 5.74) is 2.66. The minimum absolute atomic E-state index is 0.272. The van der Waals surface area contributed by atoms with E-state index in [-0.39, 0.29) is 11.5 Å². The Hall–Kier alpha value is -2.37. The molecule has 1 aliphatic heterocycles. The van der Waals surface area contributed by atoms with Crippen LogP contribution in [0.15, 0.2) is 52.6 Å². The van der Waals surface area contributed by atoms with Gasteiger partial charge in [-0.1, -0.05) is 23.7 Å². The fourth-order valence-corrected chi connectivity index (χ4v) is 3.56. The maximum atomic E-state index is 13.0. The van der Waals surface area contributed by atoms with Gasteiger partial charge in [-0.3, -0.25) is 9.69 Å². The number of thiophene rings is 1. The molecule has 1 aliphatic rings. The lowest BCUT2D eigenvalue weighted by Gasteiger charge is -2.18. The van der Waals surface area contributed by atoms with Crippen LogP contribution >= 0.6 is 22.9 Å². The molecular weight excluding hydrogens is 358 g/mol. The number of esters is 1. The monoisotopic (exact) mass is 373 g/mol. The van der Waals surface area contributed by atoms with Gasteiger partial charge in [0.1, 0.15) is 0 Å². The predicted octanol–water partition coefficient (Wildman–Crippen LogP) is 4.59. The highest BCUT2D eigenvalue weighted by molar-refractivity contribution is 7.10. The maximum absolute atomic E-state index is 13.0. The van der Waals surface area contributed by atoms with Gasteiger partial charge in [0.25, 0.3) is 5.91 Å². The molecular formula is C19H16ClNO3S. The number of benzene rings is 1. The Morgan fingerprint density at radius 3 is 2.64 bits per heavy atom. The first kappa shape index (κ1) is 17.5. The predicted molar refractivity (Wildman–Crippen MR) is 101 cm³/mol. The van der Waals surface area contributed by atoms with Gasteiger partial charge in [0.05, 0.1) is 23.9 Å². The van der Waals surface area contributed by atoms with Crippen molar-refractivity contribution >= 4 is 46.6 Å². The molecule has 3 rings (SSSR count). The summed E-state index contributed by atoms with van der Waals surface area (Å²) < 4.78 is 4.89. The van der Waals surface area contributed by atoms with E-state index in [0.29, 0.717) is 22.0 Å². The van der Waals surface area contributed by atoms with Gasteiger partial charge in [-0.15, -0.1) is 11.3 Å². The number of amides is 1. The molecule has 1 amide bonds. The molecule has 1 aromatic heterocycles. The standard InChI is InChI=1S/C19H16ClNO3S/c1-11-6-7-13(9-16(11)20)21-12(2)17(19(23)24-3)15(18(21)22)10-14-5-4-8-25-14/h4-10H,1-3H3/b15-10-. The summed E-state index contributed by atoms with van der Waals surface area (Å²) in [6.45, 7) is 3.62. The second-order valence-corrected chi connectivity index (χ2v) is 6.99. The van der Waals surface area contributed by atoms with Crippen molar-refractivity contribution in [2.24, 2.45) is 0 Å². The van der Waals surface area contributed by atoms with Crippen molar-refractivity contribution in [3.05, 3.63) is 68.0 Å². The van der Waals surface area contributed by atoms with Crippen molar-refractivity contribution in [3.63, 3.8) is 0 Å². The van der Waals surface area contributed by atoms with Crippen LogP contribution in [0.4, 0.5) is 5.69 Å². The summed E-state index contributed by atoms with van der Waals surface area (Å²) in [6, 6.07) is 9.16. The Bertz CT molecular complexity index is 913. The first-order chi connectivity index (χ1) is 11.9. The van der Waals surface area contributed by atoms with E-state index in [9.17, 15) is 9.59 Å². The van der Waals surface area contributed by atoms with Crippen molar-refractivity contribution in [1.29, 1.82) is 0 Å². The van der Waals surface area contributed by atoms with Gasteiger partial charge in [0.2, 0.25) is 0 Å². The van der Waals surface area contributed by atoms with Crippen LogP contribution in [0, 0.1) is 6.92 Å². The highest BCUT2D eigenvalue weighted by Crippen LogP contribution is 2.37. The average molecular weight is 374 g/mol. The summed E-state index contributed by atoms with van der Waals surface area (Å²) in [4.78, 5) is 27.7. The van der Waals surface area contributed by atoms with E-state index in [1.165, 1.54) is 23.3 Å². The van der Waals surface area contributed by atoms with E-state index in [1.54, 1.807) is 19.1 Å².